The highest BCUT2D eigenvalue weighted by molar-refractivity contribution is 6.66. The molecule has 0 saturated heterocycles. The summed E-state index contributed by atoms with van der Waals surface area (Å²) in [4.78, 5) is 20.5. The van der Waals surface area contributed by atoms with Crippen LogP contribution in [0, 0.1) is 13.3 Å². The van der Waals surface area contributed by atoms with Gasteiger partial charge in [0.1, 0.15) is 0 Å². The molecule has 0 N–H and O–H groups in total. The Morgan fingerprint density at radius 3 is 2.42 bits per heavy atom. The van der Waals surface area contributed by atoms with E-state index in [4.69, 9.17) is 0 Å². The number of carbonyl (C=O) groups excluding carboxylic acids is 2. The molecule has 0 aliphatic rings. The number of hydrogen-bond acceptors (Lipinski definition) is 4. The minimum Gasteiger partial charge on any atom is -0.557 e. The lowest BCUT2D eigenvalue weighted by molar-refractivity contribution is -0.235. The highest BCUT2D eigenvalue weighted by atomic mass is 16.5. The summed E-state index contributed by atoms with van der Waals surface area (Å²) in [6.07, 6.45) is 0.625. The summed E-state index contributed by atoms with van der Waals surface area (Å²) in [6, 6.07) is 0. The molecule has 0 amide bonds. The molecule has 0 rings (SSSR count). The molecule has 1 radical (unpaired) electrons. The molecule has 0 aliphatic carbocycles. The van der Waals surface area contributed by atoms with Crippen LogP contribution >= 0.6 is 0 Å². The van der Waals surface area contributed by atoms with Crippen LogP contribution in [0.5, 0.6) is 0 Å². The Morgan fingerprint density at radius 1 is 1.58 bits per heavy atom. The van der Waals surface area contributed by atoms with Crippen molar-refractivity contribution >= 4 is 19.3 Å². The van der Waals surface area contributed by atoms with E-state index in [9.17, 15) is 14.7 Å². The molecule has 0 fully saturated rings. The third-order valence-corrected chi connectivity index (χ3v) is 1.29. The molecule has 0 spiro atoms. The van der Waals surface area contributed by atoms with Crippen molar-refractivity contribution in [2.45, 2.75) is 20.3 Å². The van der Waals surface area contributed by atoms with Gasteiger partial charge in [-0.05, 0) is 6.42 Å². The molecule has 5 heteroatoms. The van der Waals surface area contributed by atoms with Crippen LogP contribution in [-0.2, 0) is 9.45 Å². The Balaban J connectivity index is 0. The molecular weight excluding hydrogens is 159 g/mol. The SMILES string of the molecule is CCC(C)C(=O)O[B]C(=O)[O-].[CH3+]. The summed E-state index contributed by atoms with van der Waals surface area (Å²) >= 11 is 0. The first-order valence-electron chi connectivity index (χ1n) is 3.32. The van der Waals surface area contributed by atoms with E-state index in [-0.39, 0.29) is 13.3 Å². The standard InChI is InChI=1S/C6H10BO4.CH3/c1-3-4(2)5(8)11-7-6(9)10;/h4H,3H2,1-2H3,(H,9,10);1H3/q;+1/p-1. The Kier molecular flexibility index (Phi) is 7.38. The van der Waals surface area contributed by atoms with Crippen molar-refractivity contribution in [1.29, 1.82) is 0 Å². The molecule has 0 aromatic carbocycles. The fraction of sp³-hybridized carbons (Fsp3) is 0.571. The van der Waals surface area contributed by atoms with E-state index >= 15 is 0 Å². The molecule has 67 valence electrons. The average molecular weight is 171 g/mol. The first kappa shape index (κ1) is 13.5. The lowest BCUT2D eigenvalue weighted by atomic mass is 10.0. The predicted octanol–water partition coefficient (Wildman–Crippen LogP) is -0.0115. The average Bonchev–Trinajstić information content (AvgIpc) is 1.98. The lowest BCUT2D eigenvalue weighted by Crippen LogP contribution is -2.31. The normalized spacial score (nSPS) is 10.8. The van der Waals surface area contributed by atoms with Crippen LogP contribution in [0.15, 0.2) is 0 Å². The molecule has 1 atom stereocenters. The van der Waals surface area contributed by atoms with Crippen molar-refractivity contribution in [3.8, 4) is 0 Å². The maximum atomic E-state index is 10.7. The minimum absolute atomic E-state index is 0. The maximum absolute atomic E-state index is 10.7. The highest BCUT2D eigenvalue weighted by Crippen LogP contribution is 2.01. The fourth-order valence-electron chi connectivity index (χ4n) is 0.389. The molecule has 12 heavy (non-hydrogen) atoms. The van der Waals surface area contributed by atoms with Crippen LogP contribution in [0.4, 0.5) is 4.79 Å². The summed E-state index contributed by atoms with van der Waals surface area (Å²) in [5.74, 6) is -2.32. The third-order valence-electron chi connectivity index (χ3n) is 1.29. The number of rotatable bonds is 4. The molecule has 0 saturated carbocycles. The largest absolute Gasteiger partial charge is 0.557 e. The Labute approximate surface area is 73.2 Å². The molecule has 0 aliphatic heterocycles. The predicted molar refractivity (Wildman–Crippen MR) is 43.1 cm³/mol. The molecule has 0 bridgehead atoms. The van der Waals surface area contributed by atoms with Gasteiger partial charge in [-0.25, -0.2) is 0 Å². The Morgan fingerprint density at radius 2 is 2.08 bits per heavy atom. The van der Waals surface area contributed by atoms with Crippen LogP contribution in [0.2, 0.25) is 0 Å². The van der Waals surface area contributed by atoms with Gasteiger partial charge in [-0.3, -0.25) is 4.79 Å². The fourth-order valence-corrected chi connectivity index (χ4v) is 0.389. The van der Waals surface area contributed by atoms with E-state index in [1.165, 1.54) is 0 Å². The molecule has 4 nitrogen and oxygen atoms in total. The van der Waals surface area contributed by atoms with Crippen LogP contribution in [0.25, 0.3) is 0 Å². The smallest absolute Gasteiger partial charge is 0.429 e. The maximum Gasteiger partial charge on any atom is 0.429 e. The molecule has 1 unspecified atom stereocenters. The van der Waals surface area contributed by atoms with Crippen LogP contribution in [0.3, 0.4) is 0 Å². The summed E-state index contributed by atoms with van der Waals surface area (Å²) in [7, 11) is 0.383. The van der Waals surface area contributed by atoms with Gasteiger partial charge in [0.2, 0.25) is 0 Å². The van der Waals surface area contributed by atoms with Gasteiger partial charge in [-0.1, -0.05) is 13.8 Å². The van der Waals surface area contributed by atoms with Gasteiger partial charge in [0.25, 0.3) is 5.97 Å². The van der Waals surface area contributed by atoms with Gasteiger partial charge in [0.05, 0.1) is 11.8 Å². The first-order chi connectivity index (χ1) is 5.07. The van der Waals surface area contributed by atoms with Crippen molar-refractivity contribution in [1.82, 2.24) is 0 Å². The van der Waals surface area contributed by atoms with Crippen LogP contribution in [-0.4, -0.2) is 19.3 Å². The second kappa shape index (κ2) is 6.58. The Hall–Kier alpha value is -1.13. The summed E-state index contributed by atoms with van der Waals surface area (Å²) < 4.78 is 4.23. The van der Waals surface area contributed by atoms with Crippen molar-refractivity contribution in [3.05, 3.63) is 7.43 Å². The molecule has 0 heterocycles. The van der Waals surface area contributed by atoms with Gasteiger partial charge in [-0.15, -0.1) is 0 Å². The second-order valence-electron chi connectivity index (χ2n) is 2.18. The number of carbonyl (C=O) groups is 2. The van der Waals surface area contributed by atoms with Gasteiger partial charge >= 0.3 is 7.48 Å². The van der Waals surface area contributed by atoms with E-state index in [1.54, 1.807) is 6.92 Å². The van der Waals surface area contributed by atoms with Gasteiger partial charge in [0, 0.05) is 7.43 Å². The van der Waals surface area contributed by atoms with Crippen molar-refractivity contribution in [2.75, 3.05) is 0 Å². The second-order valence-corrected chi connectivity index (χ2v) is 2.18. The van der Waals surface area contributed by atoms with E-state index < -0.39 is 11.8 Å². The number of hydrogen-bond donors (Lipinski definition) is 0. The zero-order chi connectivity index (χ0) is 8.85. The van der Waals surface area contributed by atoms with E-state index in [1.807, 2.05) is 6.92 Å². The summed E-state index contributed by atoms with van der Waals surface area (Å²) in [6.45, 7) is 3.47. The molecule has 0 aromatic heterocycles. The van der Waals surface area contributed by atoms with E-state index in [0.717, 1.165) is 0 Å². The highest BCUT2D eigenvalue weighted by Gasteiger charge is 2.11. The summed E-state index contributed by atoms with van der Waals surface area (Å²) in [5, 5.41) is 9.77. The van der Waals surface area contributed by atoms with Gasteiger partial charge < -0.3 is 14.6 Å². The first-order valence-corrected chi connectivity index (χ1v) is 3.32. The minimum atomic E-state index is -1.50. The van der Waals surface area contributed by atoms with Crippen molar-refractivity contribution < 1.29 is 19.3 Å². The van der Waals surface area contributed by atoms with Gasteiger partial charge in [-0.2, -0.15) is 0 Å². The zero-order valence-corrected chi connectivity index (χ0v) is 7.49. The van der Waals surface area contributed by atoms with Crippen molar-refractivity contribution in [2.24, 2.45) is 5.92 Å². The topological polar surface area (TPSA) is 66.4 Å². The van der Waals surface area contributed by atoms with Crippen LogP contribution in [0.1, 0.15) is 20.3 Å². The molecular formula is C7H12BO4. The lowest BCUT2D eigenvalue weighted by Gasteiger charge is -2.08. The van der Waals surface area contributed by atoms with E-state index in [2.05, 4.69) is 4.65 Å². The van der Waals surface area contributed by atoms with Crippen molar-refractivity contribution in [3.63, 3.8) is 0 Å². The zero-order valence-electron chi connectivity index (χ0n) is 7.49. The Bertz CT molecular complexity index is 157. The van der Waals surface area contributed by atoms with Gasteiger partial charge in [0.15, 0.2) is 0 Å². The quantitative estimate of drug-likeness (QED) is 0.440. The van der Waals surface area contributed by atoms with E-state index in [0.29, 0.717) is 13.9 Å². The molecule has 0 aromatic rings. The third kappa shape index (κ3) is 5.64. The number of carboxylic acid groups (broad SMARTS) is 1. The van der Waals surface area contributed by atoms with Crippen LogP contribution < -0.4 is 5.11 Å². The monoisotopic (exact) mass is 171 g/mol. The summed E-state index contributed by atoms with van der Waals surface area (Å²) in [5.41, 5.74) is 0.